The first-order chi connectivity index (χ1) is 17.4. The third kappa shape index (κ3) is 4.60. The van der Waals surface area contributed by atoms with Gasteiger partial charge in [-0.2, -0.15) is 0 Å². The summed E-state index contributed by atoms with van der Waals surface area (Å²) in [5, 5.41) is 5.03. The summed E-state index contributed by atoms with van der Waals surface area (Å²) in [5.74, 6) is -0.560. The topological polar surface area (TPSA) is 69.7 Å². The van der Waals surface area contributed by atoms with Crippen molar-refractivity contribution < 1.29 is 14.4 Å². The summed E-state index contributed by atoms with van der Waals surface area (Å²) < 4.78 is 0. The van der Waals surface area contributed by atoms with Gasteiger partial charge in [-0.3, -0.25) is 19.3 Å². The number of hydrogen-bond donors (Lipinski definition) is 1. The summed E-state index contributed by atoms with van der Waals surface area (Å²) >= 11 is 0. The van der Waals surface area contributed by atoms with Crippen LogP contribution in [0.25, 0.3) is 10.8 Å². The highest BCUT2D eigenvalue weighted by molar-refractivity contribution is 6.26. The van der Waals surface area contributed by atoms with Crippen molar-refractivity contribution in [3.63, 3.8) is 0 Å². The summed E-state index contributed by atoms with van der Waals surface area (Å²) in [6.45, 7) is 3.99. The van der Waals surface area contributed by atoms with Gasteiger partial charge in [0.25, 0.3) is 5.91 Å². The van der Waals surface area contributed by atoms with Crippen molar-refractivity contribution in [2.75, 3.05) is 11.4 Å². The Hall–Kier alpha value is -3.67. The zero-order chi connectivity index (χ0) is 25.2. The quantitative estimate of drug-likeness (QED) is 0.516. The lowest BCUT2D eigenvalue weighted by molar-refractivity contribution is -0.139. The molecule has 186 valence electrons. The lowest BCUT2D eigenvalue weighted by Gasteiger charge is -2.32. The maximum absolute atomic E-state index is 13.8. The zero-order valence-corrected chi connectivity index (χ0v) is 21.0. The van der Waals surface area contributed by atoms with Gasteiger partial charge in [0.15, 0.2) is 0 Å². The first kappa shape index (κ1) is 24.0. The van der Waals surface area contributed by atoms with Gasteiger partial charge in [-0.05, 0) is 55.3 Å². The van der Waals surface area contributed by atoms with Gasteiger partial charge in [0, 0.05) is 23.5 Å². The molecular weight excluding hydrogens is 450 g/mol. The SMILES string of the molecule is Cc1ccccc1CN(C(=O)CN1C(=O)c2cccc3cccc1c23)[C@H](C)C(=O)NC1CCCCC1. The summed E-state index contributed by atoms with van der Waals surface area (Å²) in [5.41, 5.74) is 3.41. The first-order valence-corrected chi connectivity index (χ1v) is 12.9. The van der Waals surface area contributed by atoms with Crippen LogP contribution in [-0.4, -0.2) is 41.2 Å². The molecule has 1 aliphatic heterocycles. The summed E-state index contributed by atoms with van der Waals surface area (Å²) in [6, 6.07) is 18.8. The van der Waals surface area contributed by atoms with Crippen LogP contribution in [0.2, 0.25) is 0 Å². The second-order valence-electron chi connectivity index (χ2n) is 10.0. The first-order valence-electron chi connectivity index (χ1n) is 12.9. The van der Waals surface area contributed by atoms with Crippen LogP contribution in [0.5, 0.6) is 0 Å². The van der Waals surface area contributed by atoms with Crippen molar-refractivity contribution in [1.82, 2.24) is 10.2 Å². The predicted octanol–water partition coefficient (Wildman–Crippen LogP) is 4.97. The molecule has 36 heavy (non-hydrogen) atoms. The normalized spacial score (nSPS) is 16.3. The Morgan fingerprint density at radius 3 is 2.47 bits per heavy atom. The van der Waals surface area contributed by atoms with Crippen molar-refractivity contribution >= 4 is 34.2 Å². The van der Waals surface area contributed by atoms with Gasteiger partial charge in [-0.1, -0.05) is 67.8 Å². The third-order valence-corrected chi connectivity index (χ3v) is 7.66. The minimum atomic E-state index is -0.657. The highest BCUT2D eigenvalue weighted by Crippen LogP contribution is 2.37. The molecule has 1 fully saturated rings. The Morgan fingerprint density at radius 1 is 1.00 bits per heavy atom. The lowest BCUT2D eigenvalue weighted by Crippen LogP contribution is -2.52. The van der Waals surface area contributed by atoms with E-state index in [0.717, 1.165) is 53.3 Å². The highest BCUT2D eigenvalue weighted by Gasteiger charge is 2.34. The molecule has 0 saturated heterocycles. The van der Waals surface area contributed by atoms with Crippen LogP contribution in [0.1, 0.15) is 60.5 Å². The molecule has 1 aliphatic carbocycles. The van der Waals surface area contributed by atoms with E-state index in [1.54, 1.807) is 16.7 Å². The lowest BCUT2D eigenvalue weighted by atomic mass is 9.95. The Balaban J connectivity index is 1.40. The molecule has 0 aromatic heterocycles. The van der Waals surface area contributed by atoms with Crippen LogP contribution in [0.15, 0.2) is 60.7 Å². The average molecular weight is 484 g/mol. The molecule has 1 N–H and O–H groups in total. The molecule has 0 bridgehead atoms. The van der Waals surface area contributed by atoms with E-state index >= 15 is 0 Å². The molecule has 0 unspecified atom stereocenters. The van der Waals surface area contributed by atoms with Gasteiger partial charge in [0.1, 0.15) is 12.6 Å². The number of hydrogen-bond acceptors (Lipinski definition) is 3. The van der Waals surface area contributed by atoms with Crippen LogP contribution in [0, 0.1) is 6.92 Å². The van der Waals surface area contributed by atoms with Gasteiger partial charge in [-0.25, -0.2) is 0 Å². The minimum absolute atomic E-state index is 0.112. The largest absolute Gasteiger partial charge is 0.352 e. The van der Waals surface area contributed by atoms with E-state index in [0.29, 0.717) is 12.1 Å². The maximum Gasteiger partial charge on any atom is 0.259 e. The van der Waals surface area contributed by atoms with Crippen molar-refractivity contribution in [3.8, 4) is 0 Å². The molecule has 3 amide bonds. The van der Waals surface area contributed by atoms with E-state index in [2.05, 4.69) is 5.32 Å². The molecule has 1 saturated carbocycles. The molecule has 1 atom stereocenters. The summed E-state index contributed by atoms with van der Waals surface area (Å²) in [7, 11) is 0. The molecule has 3 aromatic carbocycles. The van der Waals surface area contributed by atoms with E-state index in [1.807, 2.05) is 67.6 Å². The monoisotopic (exact) mass is 483 g/mol. The molecule has 5 rings (SSSR count). The van der Waals surface area contributed by atoms with Crippen molar-refractivity contribution in [3.05, 3.63) is 77.4 Å². The average Bonchev–Trinajstić information content (AvgIpc) is 3.16. The fourth-order valence-electron chi connectivity index (χ4n) is 5.48. The third-order valence-electron chi connectivity index (χ3n) is 7.66. The molecular formula is C30H33N3O3. The van der Waals surface area contributed by atoms with Crippen molar-refractivity contribution in [2.45, 2.75) is 64.6 Å². The fourth-order valence-corrected chi connectivity index (χ4v) is 5.48. The van der Waals surface area contributed by atoms with E-state index in [4.69, 9.17) is 0 Å². The van der Waals surface area contributed by atoms with E-state index in [-0.39, 0.29) is 30.3 Å². The van der Waals surface area contributed by atoms with Crippen molar-refractivity contribution in [1.29, 1.82) is 0 Å². The number of carbonyl (C=O) groups is 3. The van der Waals surface area contributed by atoms with Gasteiger partial charge in [0.2, 0.25) is 11.8 Å². The van der Waals surface area contributed by atoms with Gasteiger partial charge >= 0.3 is 0 Å². The number of nitrogens with zero attached hydrogens (tertiary/aromatic N) is 2. The smallest absolute Gasteiger partial charge is 0.259 e. The van der Waals surface area contributed by atoms with Gasteiger partial charge in [0.05, 0.1) is 5.69 Å². The summed E-state index contributed by atoms with van der Waals surface area (Å²) in [6.07, 6.45) is 5.41. The Labute approximate surface area is 212 Å². The molecule has 0 radical (unpaired) electrons. The number of nitrogens with one attached hydrogen (secondary N) is 1. The number of anilines is 1. The van der Waals surface area contributed by atoms with Gasteiger partial charge in [-0.15, -0.1) is 0 Å². The molecule has 1 heterocycles. The number of carbonyl (C=O) groups excluding carboxylic acids is 3. The van der Waals surface area contributed by atoms with Crippen LogP contribution in [-0.2, 0) is 16.1 Å². The van der Waals surface area contributed by atoms with Crippen LogP contribution in [0.4, 0.5) is 5.69 Å². The minimum Gasteiger partial charge on any atom is -0.352 e. The molecule has 2 aliphatic rings. The summed E-state index contributed by atoms with van der Waals surface area (Å²) in [4.78, 5) is 43.6. The molecule has 0 spiro atoms. The molecule has 6 heteroatoms. The maximum atomic E-state index is 13.8. The number of rotatable bonds is 7. The zero-order valence-electron chi connectivity index (χ0n) is 21.0. The fraction of sp³-hybridized carbons (Fsp3) is 0.367. The number of aryl methyl sites for hydroxylation is 1. The standard InChI is InChI=1S/C30H33N3O3/c1-20-10-6-7-11-23(20)18-32(21(2)29(35)31-24-14-4-3-5-15-24)27(34)19-33-26-17-9-13-22-12-8-16-25(28(22)26)30(33)36/h6-13,16-17,21,24H,3-5,14-15,18-19H2,1-2H3,(H,31,35)/t21-/m1/s1. The number of amides is 3. The molecule has 6 nitrogen and oxygen atoms in total. The second-order valence-corrected chi connectivity index (χ2v) is 10.0. The Bertz CT molecular complexity index is 1310. The van der Waals surface area contributed by atoms with E-state index < -0.39 is 6.04 Å². The van der Waals surface area contributed by atoms with Gasteiger partial charge < -0.3 is 10.2 Å². The Morgan fingerprint density at radius 2 is 1.72 bits per heavy atom. The highest BCUT2D eigenvalue weighted by atomic mass is 16.2. The number of benzene rings is 3. The van der Waals surface area contributed by atoms with E-state index in [9.17, 15) is 14.4 Å². The molecule has 3 aromatic rings. The van der Waals surface area contributed by atoms with Crippen molar-refractivity contribution in [2.24, 2.45) is 0 Å². The van der Waals surface area contributed by atoms with Crippen LogP contribution >= 0.6 is 0 Å². The van der Waals surface area contributed by atoms with Crippen LogP contribution < -0.4 is 10.2 Å². The van der Waals surface area contributed by atoms with Crippen LogP contribution in [0.3, 0.4) is 0 Å². The van der Waals surface area contributed by atoms with E-state index in [1.165, 1.54) is 6.42 Å². The second kappa shape index (κ2) is 10.1. The predicted molar refractivity (Wildman–Crippen MR) is 142 cm³/mol. The Kier molecular flexibility index (Phi) is 6.77.